The molecule has 1 saturated heterocycles. The highest BCUT2D eigenvalue weighted by atomic mass is 32.2. The van der Waals surface area contributed by atoms with Crippen molar-refractivity contribution >= 4 is 50.9 Å². The van der Waals surface area contributed by atoms with Gasteiger partial charge in [0.05, 0.1) is 12.2 Å². The number of rotatable bonds is 6. The van der Waals surface area contributed by atoms with Gasteiger partial charge in [0.2, 0.25) is 11.8 Å². The Morgan fingerprint density at radius 1 is 0.917 bits per heavy atom. The molecule has 1 N–H and O–H groups in total. The third kappa shape index (κ3) is 5.34. The molecule has 1 heterocycles. The van der Waals surface area contributed by atoms with Crippen LogP contribution in [0, 0.1) is 13.8 Å². The van der Waals surface area contributed by atoms with E-state index >= 15 is 0 Å². The van der Waals surface area contributed by atoms with E-state index in [0.717, 1.165) is 38.8 Å². The lowest BCUT2D eigenvalue weighted by atomic mass is 10.1. The molecule has 5 nitrogen and oxygen atoms in total. The quantitative estimate of drug-likeness (QED) is 0.328. The van der Waals surface area contributed by atoms with Crippen LogP contribution in [0.15, 0.2) is 96.0 Å². The zero-order valence-electron chi connectivity index (χ0n) is 20.3. The topological polar surface area (TPSA) is 61.8 Å². The van der Waals surface area contributed by atoms with Crippen LogP contribution in [0.25, 0.3) is 10.8 Å². The first-order valence-electron chi connectivity index (χ1n) is 11.9. The number of aryl methyl sites for hydroxylation is 2. The third-order valence-electron chi connectivity index (χ3n) is 6.22. The fourth-order valence-electron chi connectivity index (χ4n) is 4.19. The Morgan fingerprint density at radius 2 is 1.64 bits per heavy atom. The molecule has 1 unspecified atom stereocenters. The Kier molecular flexibility index (Phi) is 6.87. The van der Waals surface area contributed by atoms with E-state index in [2.05, 4.69) is 5.32 Å². The van der Waals surface area contributed by atoms with Crippen molar-refractivity contribution in [2.24, 2.45) is 4.99 Å². The normalized spacial score (nSPS) is 16.6. The van der Waals surface area contributed by atoms with E-state index in [9.17, 15) is 9.59 Å². The van der Waals surface area contributed by atoms with Gasteiger partial charge in [-0.05, 0) is 53.9 Å². The number of thioether (sulfide) groups is 1. The molecule has 4 aromatic carbocycles. The second-order valence-corrected chi connectivity index (χ2v) is 10.2. The number of anilines is 1. The summed E-state index contributed by atoms with van der Waals surface area (Å²) in [7, 11) is 0. The highest BCUT2D eigenvalue weighted by Gasteiger charge is 2.39. The second-order valence-electron chi connectivity index (χ2n) is 9.01. The number of benzene rings is 4. The van der Waals surface area contributed by atoms with Crippen molar-refractivity contribution in [2.75, 3.05) is 5.32 Å². The number of hydrogen-bond donors (Lipinski definition) is 1. The zero-order chi connectivity index (χ0) is 25.1. The average molecular weight is 494 g/mol. The summed E-state index contributed by atoms with van der Waals surface area (Å²) in [5, 5.41) is 5.22. The molecule has 6 heteroatoms. The van der Waals surface area contributed by atoms with Crippen LogP contribution in [0.1, 0.15) is 23.1 Å². The van der Waals surface area contributed by atoms with E-state index in [4.69, 9.17) is 4.99 Å². The van der Waals surface area contributed by atoms with Crippen LogP contribution < -0.4 is 5.32 Å². The fraction of sp³-hybridized carbons (Fsp3) is 0.167. The van der Waals surface area contributed by atoms with Gasteiger partial charge < -0.3 is 5.32 Å². The van der Waals surface area contributed by atoms with E-state index < -0.39 is 5.25 Å². The first-order chi connectivity index (χ1) is 17.5. The fourth-order valence-corrected chi connectivity index (χ4v) is 5.34. The number of amidine groups is 1. The predicted octanol–water partition coefficient (Wildman–Crippen LogP) is 6.62. The lowest BCUT2D eigenvalue weighted by molar-refractivity contribution is -0.128. The molecule has 36 heavy (non-hydrogen) atoms. The van der Waals surface area contributed by atoms with Gasteiger partial charge in [0.1, 0.15) is 5.25 Å². The summed E-state index contributed by atoms with van der Waals surface area (Å²) in [5.41, 5.74) is 4.76. The van der Waals surface area contributed by atoms with Crippen LogP contribution in [-0.4, -0.2) is 27.1 Å². The third-order valence-corrected chi connectivity index (χ3v) is 7.39. The summed E-state index contributed by atoms with van der Waals surface area (Å²) >= 11 is 1.36. The minimum atomic E-state index is -0.529. The number of hydrogen-bond acceptors (Lipinski definition) is 4. The first kappa shape index (κ1) is 23.8. The molecule has 0 bridgehead atoms. The van der Waals surface area contributed by atoms with Crippen molar-refractivity contribution in [3.63, 3.8) is 0 Å². The molecule has 1 aliphatic rings. The summed E-state index contributed by atoms with van der Waals surface area (Å²) in [5.74, 6) is -0.287. The Morgan fingerprint density at radius 3 is 2.42 bits per heavy atom. The van der Waals surface area contributed by atoms with E-state index in [-0.39, 0.29) is 18.2 Å². The van der Waals surface area contributed by atoms with Crippen LogP contribution in [0.4, 0.5) is 11.4 Å². The molecule has 1 aliphatic heterocycles. The largest absolute Gasteiger partial charge is 0.326 e. The van der Waals surface area contributed by atoms with Gasteiger partial charge in [-0.25, -0.2) is 4.99 Å². The van der Waals surface area contributed by atoms with Crippen LogP contribution in [0.5, 0.6) is 0 Å². The molecule has 0 aromatic heterocycles. The van der Waals surface area contributed by atoms with Crippen LogP contribution >= 0.6 is 11.8 Å². The molecule has 2 amide bonds. The molecular weight excluding hydrogens is 466 g/mol. The van der Waals surface area contributed by atoms with E-state index in [1.54, 1.807) is 4.90 Å². The summed E-state index contributed by atoms with van der Waals surface area (Å²) in [6.07, 6.45) is 0.0769. The average Bonchev–Trinajstić information content (AvgIpc) is 3.15. The number of nitrogens with zero attached hydrogens (tertiary/aromatic N) is 2. The van der Waals surface area contributed by atoms with Gasteiger partial charge in [-0.1, -0.05) is 90.1 Å². The molecule has 0 spiro atoms. The summed E-state index contributed by atoms with van der Waals surface area (Å²) in [6.45, 7) is 4.45. The van der Waals surface area contributed by atoms with E-state index in [1.807, 2.05) is 105 Å². The number of carbonyl (C=O) groups is 2. The molecule has 1 fully saturated rings. The first-order valence-corrected chi connectivity index (χ1v) is 12.8. The van der Waals surface area contributed by atoms with Gasteiger partial charge in [0, 0.05) is 12.1 Å². The van der Waals surface area contributed by atoms with Crippen LogP contribution in [-0.2, 0) is 16.1 Å². The lowest BCUT2D eigenvalue weighted by Crippen LogP contribution is -2.33. The van der Waals surface area contributed by atoms with Crippen molar-refractivity contribution in [3.8, 4) is 0 Å². The molecule has 0 radical (unpaired) electrons. The molecule has 1 atom stereocenters. The van der Waals surface area contributed by atoms with Crippen molar-refractivity contribution in [1.82, 2.24) is 4.90 Å². The van der Waals surface area contributed by atoms with Gasteiger partial charge in [0.15, 0.2) is 5.17 Å². The predicted molar refractivity (Wildman–Crippen MR) is 149 cm³/mol. The molecule has 5 rings (SSSR count). The number of para-hydroxylation sites is 1. The minimum absolute atomic E-state index is 0.0769. The van der Waals surface area contributed by atoms with E-state index in [0.29, 0.717) is 11.7 Å². The van der Waals surface area contributed by atoms with Crippen LogP contribution in [0.2, 0.25) is 0 Å². The Bertz CT molecular complexity index is 1460. The SMILES string of the molecule is Cc1ccc(CN2C(=O)C(CC(=O)Nc3ccc4ccccc4c3)SC2=Nc2ccccc2C)cc1. The highest BCUT2D eigenvalue weighted by Crippen LogP contribution is 2.34. The van der Waals surface area contributed by atoms with Crippen molar-refractivity contribution < 1.29 is 9.59 Å². The Balaban J connectivity index is 1.36. The molecule has 0 saturated carbocycles. The summed E-state index contributed by atoms with van der Waals surface area (Å²) in [6, 6.07) is 29.8. The van der Waals surface area contributed by atoms with Crippen molar-refractivity contribution in [2.45, 2.75) is 32.1 Å². The number of aliphatic imine (C=N–C) groups is 1. The standard InChI is InChI=1S/C30H27N3O2S/c1-20-11-13-22(14-12-20)19-33-29(35)27(36-30(33)32-26-10-6-3-7-21(26)2)18-28(34)31-25-16-15-23-8-4-5-9-24(23)17-25/h3-17,27H,18-19H2,1-2H3,(H,31,34). The number of fused-ring (bicyclic) bond motifs is 1. The van der Waals surface area contributed by atoms with Gasteiger partial charge in [-0.3, -0.25) is 14.5 Å². The summed E-state index contributed by atoms with van der Waals surface area (Å²) < 4.78 is 0. The maximum Gasteiger partial charge on any atom is 0.242 e. The Labute approximate surface area is 215 Å². The Hall–Kier alpha value is -3.90. The smallest absolute Gasteiger partial charge is 0.242 e. The molecule has 4 aromatic rings. The summed E-state index contributed by atoms with van der Waals surface area (Å²) in [4.78, 5) is 32.9. The highest BCUT2D eigenvalue weighted by molar-refractivity contribution is 8.15. The van der Waals surface area contributed by atoms with E-state index in [1.165, 1.54) is 11.8 Å². The number of carbonyl (C=O) groups excluding carboxylic acids is 2. The van der Waals surface area contributed by atoms with Gasteiger partial charge in [-0.15, -0.1) is 0 Å². The number of nitrogens with one attached hydrogen (secondary N) is 1. The van der Waals surface area contributed by atoms with Crippen LogP contribution in [0.3, 0.4) is 0 Å². The second kappa shape index (κ2) is 10.4. The maximum atomic E-state index is 13.5. The van der Waals surface area contributed by atoms with Gasteiger partial charge in [0.25, 0.3) is 0 Å². The molecule has 180 valence electrons. The zero-order valence-corrected chi connectivity index (χ0v) is 21.1. The maximum absolute atomic E-state index is 13.5. The van der Waals surface area contributed by atoms with Gasteiger partial charge >= 0.3 is 0 Å². The minimum Gasteiger partial charge on any atom is -0.326 e. The molecule has 0 aliphatic carbocycles. The van der Waals surface area contributed by atoms with Crippen molar-refractivity contribution in [1.29, 1.82) is 0 Å². The lowest BCUT2D eigenvalue weighted by Gasteiger charge is -2.17. The van der Waals surface area contributed by atoms with Gasteiger partial charge in [-0.2, -0.15) is 0 Å². The monoisotopic (exact) mass is 493 g/mol. The van der Waals surface area contributed by atoms with Crippen molar-refractivity contribution in [3.05, 3.63) is 108 Å². The molecular formula is C30H27N3O2S. The number of amides is 2.